The second-order valence-electron chi connectivity index (χ2n) is 6.89. The van der Waals surface area contributed by atoms with Crippen LogP contribution >= 0.6 is 15.9 Å². The average Bonchev–Trinajstić information content (AvgIpc) is 2.25. The second-order valence-corrected chi connectivity index (χ2v) is 7.64. The molecule has 0 unspecified atom stereocenters. The summed E-state index contributed by atoms with van der Waals surface area (Å²) < 4.78 is 0.781. The molecule has 19 heavy (non-hydrogen) atoms. The second kappa shape index (κ2) is 4.51. The highest BCUT2D eigenvalue weighted by atomic mass is 79.9. The molecule has 2 heterocycles. The summed E-state index contributed by atoms with van der Waals surface area (Å²) in [5, 5.41) is 1.07. The van der Waals surface area contributed by atoms with Crippen LogP contribution < -0.4 is 0 Å². The van der Waals surface area contributed by atoms with Crippen molar-refractivity contribution in [2.24, 2.45) is 0 Å². The molecular weight excluding hydrogens is 302 g/mol. The van der Waals surface area contributed by atoms with E-state index in [-0.39, 0.29) is 10.8 Å². The maximum atomic E-state index is 4.82. The number of rotatable bonds is 0. The summed E-state index contributed by atoms with van der Waals surface area (Å²) in [5.41, 5.74) is 1.86. The van der Waals surface area contributed by atoms with Crippen molar-refractivity contribution < 1.29 is 0 Å². The normalized spacial score (nSPS) is 13.0. The minimum atomic E-state index is -0.0799. The highest BCUT2D eigenvalue weighted by Gasteiger charge is 2.25. The summed E-state index contributed by atoms with van der Waals surface area (Å²) in [7, 11) is 0. The highest BCUT2D eigenvalue weighted by molar-refractivity contribution is 9.10. The number of pyridine rings is 1. The Kier molecular flexibility index (Phi) is 3.42. The maximum absolute atomic E-state index is 4.82. The zero-order valence-corrected chi connectivity index (χ0v) is 14.0. The summed E-state index contributed by atoms with van der Waals surface area (Å²) in [6.45, 7) is 12.9. The van der Waals surface area contributed by atoms with Gasteiger partial charge in [0.25, 0.3) is 0 Å². The van der Waals surface area contributed by atoms with Crippen LogP contribution in [0.15, 0.2) is 16.9 Å². The number of hydrogen-bond acceptors (Lipinski definition) is 3. The van der Waals surface area contributed by atoms with Crippen LogP contribution in [0.2, 0.25) is 0 Å². The van der Waals surface area contributed by atoms with E-state index in [1.165, 1.54) is 0 Å². The number of hydrogen-bond donors (Lipinski definition) is 0. The van der Waals surface area contributed by atoms with Gasteiger partial charge in [0.15, 0.2) is 0 Å². The molecule has 0 bridgehead atoms. The first kappa shape index (κ1) is 14.4. The first-order valence-corrected chi connectivity index (χ1v) is 7.23. The Labute approximate surface area is 123 Å². The quantitative estimate of drug-likeness (QED) is 0.676. The van der Waals surface area contributed by atoms with E-state index in [1.54, 1.807) is 6.20 Å². The fourth-order valence-electron chi connectivity index (χ4n) is 1.93. The Morgan fingerprint density at radius 1 is 0.947 bits per heavy atom. The third-order valence-corrected chi connectivity index (χ3v) is 3.53. The molecule has 0 fully saturated rings. The van der Waals surface area contributed by atoms with E-state index in [4.69, 9.17) is 9.97 Å². The van der Waals surface area contributed by atoms with E-state index in [0.717, 1.165) is 27.0 Å². The molecule has 2 rings (SSSR count). The fraction of sp³-hybridized carbons (Fsp3) is 0.533. The van der Waals surface area contributed by atoms with Crippen LogP contribution in [0, 0.1) is 0 Å². The van der Waals surface area contributed by atoms with E-state index in [9.17, 15) is 0 Å². The van der Waals surface area contributed by atoms with Gasteiger partial charge in [-0.1, -0.05) is 41.5 Å². The Bertz CT molecular complexity index is 622. The summed E-state index contributed by atoms with van der Waals surface area (Å²) in [6.07, 6.45) is 1.79. The Balaban J connectivity index is 2.89. The summed E-state index contributed by atoms with van der Waals surface area (Å²) in [6, 6.07) is 1.99. The first-order chi connectivity index (χ1) is 8.60. The SMILES string of the molecule is CC(C)(C)c1nc(C(C)(C)C)c2ccnc(Br)c2n1. The van der Waals surface area contributed by atoms with Crippen molar-refractivity contribution >= 4 is 26.8 Å². The molecule has 0 spiro atoms. The molecule has 0 amide bonds. The number of aromatic nitrogens is 3. The van der Waals surface area contributed by atoms with Crippen LogP contribution in [0.25, 0.3) is 10.9 Å². The van der Waals surface area contributed by atoms with Crippen molar-refractivity contribution in [2.75, 3.05) is 0 Å². The van der Waals surface area contributed by atoms with Crippen molar-refractivity contribution in [3.63, 3.8) is 0 Å². The van der Waals surface area contributed by atoms with Gasteiger partial charge >= 0.3 is 0 Å². The van der Waals surface area contributed by atoms with Crippen LogP contribution in [-0.4, -0.2) is 15.0 Å². The molecule has 0 aromatic carbocycles. The summed E-state index contributed by atoms with van der Waals surface area (Å²) in [4.78, 5) is 13.8. The molecule has 0 saturated carbocycles. The van der Waals surface area contributed by atoms with Gasteiger partial charge in [-0.15, -0.1) is 0 Å². The number of halogens is 1. The van der Waals surface area contributed by atoms with Crippen LogP contribution in [0.4, 0.5) is 0 Å². The lowest BCUT2D eigenvalue weighted by Crippen LogP contribution is -2.22. The van der Waals surface area contributed by atoms with E-state index < -0.39 is 0 Å². The zero-order chi connectivity index (χ0) is 14.4. The molecule has 0 aliphatic carbocycles. The summed E-state index contributed by atoms with van der Waals surface area (Å²) >= 11 is 3.50. The van der Waals surface area contributed by atoms with Crippen molar-refractivity contribution in [3.05, 3.63) is 28.4 Å². The lowest BCUT2D eigenvalue weighted by Gasteiger charge is -2.24. The van der Waals surface area contributed by atoms with E-state index in [1.807, 2.05) is 6.07 Å². The third-order valence-electron chi connectivity index (χ3n) is 2.95. The van der Waals surface area contributed by atoms with Crippen molar-refractivity contribution in [2.45, 2.75) is 52.4 Å². The summed E-state index contributed by atoms with van der Waals surface area (Å²) in [5.74, 6) is 0.860. The van der Waals surface area contributed by atoms with Gasteiger partial charge in [0.2, 0.25) is 0 Å². The molecule has 0 atom stereocenters. The van der Waals surface area contributed by atoms with Gasteiger partial charge in [-0.05, 0) is 22.0 Å². The van der Waals surface area contributed by atoms with Gasteiger partial charge in [0, 0.05) is 22.4 Å². The topological polar surface area (TPSA) is 38.7 Å². The monoisotopic (exact) mass is 321 g/mol. The molecule has 0 aliphatic rings. The molecule has 0 saturated heterocycles. The van der Waals surface area contributed by atoms with E-state index >= 15 is 0 Å². The number of fused-ring (bicyclic) bond motifs is 1. The minimum Gasteiger partial charge on any atom is -0.247 e. The largest absolute Gasteiger partial charge is 0.247 e. The van der Waals surface area contributed by atoms with E-state index in [0.29, 0.717) is 0 Å². The molecule has 102 valence electrons. The van der Waals surface area contributed by atoms with E-state index in [2.05, 4.69) is 62.5 Å². The predicted octanol–water partition coefficient (Wildman–Crippen LogP) is 4.38. The Morgan fingerprint density at radius 3 is 2.11 bits per heavy atom. The molecule has 3 nitrogen and oxygen atoms in total. The van der Waals surface area contributed by atoms with Gasteiger partial charge < -0.3 is 0 Å². The molecule has 2 aromatic heterocycles. The lowest BCUT2D eigenvalue weighted by molar-refractivity contribution is 0.520. The van der Waals surface area contributed by atoms with Crippen molar-refractivity contribution in [1.29, 1.82) is 0 Å². The maximum Gasteiger partial charge on any atom is 0.134 e. The Hall–Kier alpha value is -1.03. The molecule has 0 N–H and O–H groups in total. The minimum absolute atomic E-state index is 0.0258. The van der Waals surface area contributed by atoms with Gasteiger partial charge in [0.05, 0.1) is 5.69 Å². The van der Waals surface area contributed by atoms with Crippen molar-refractivity contribution in [3.8, 4) is 0 Å². The number of nitrogens with zero attached hydrogens (tertiary/aromatic N) is 3. The average molecular weight is 322 g/mol. The van der Waals surface area contributed by atoms with Gasteiger partial charge in [-0.2, -0.15) is 0 Å². The molecular formula is C15H20BrN3. The molecule has 2 aromatic rings. The smallest absolute Gasteiger partial charge is 0.134 e. The first-order valence-electron chi connectivity index (χ1n) is 6.44. The van der Waals surface area contributed by atoms with Crippen LogP contribution in [0.3, 0.4) is 0 Å². The molecule has 4 heteroatoms. The van der Waals surface area contributed by atoms with Crippen LogP contribution in [-0.2, 0) is 10.8 Å². The van der Waals surface area contributed by atoms with Crippen LogP contribution in [0.5, 0.6) is 0 Å². The highest BCUT2D eigenvalue weighted by Crippen LogP contribution is 2.32. The van der Waals surface area contributed by atoms with Crippen molar-refractivity contribution in [1.82, 2.24) is 15.0 Å². The third kappa shape index (κ3) is 2.78. The molecule has 0 aliphatic heterocycles. The zero-order valence-electron chi connectivity index (χ0n) is 12.4. The van der Waals surface area contributed by atoms with Gasteiger partial charge in [-0.3, -0.25) is 0 Å². The fourth-order valence-corrected chi connectivity index (χ4v) is 2.35. The molecule has 0 radical (unpaired) electrons. The Morgan fingerprint density at radius 2 is 1.58 bits per heavy atom. The van der Waals surface area contributed by atoms with Gasteiger partial charge in [-0.25, -0.2) is 15.0 Å². The predicted molar refractivity (Wildman–Crippen MR) is 82.4 cm³/mol. The lowest BCUT2D eigenvalue weighted by atomic mass is 9.88. The van der Waals surface area contributed by atoms with Gasteiger partial charge in [0.1, 0.15) is 15.9 Å². The van der Waals surface area contributed by atoms with Crippen LogP contribution in [0.1, 0.15) is 53.1 Å². The standard InChI is InChI=1S/C15H20BrN3/c1-14(2,3)11-9-7-8-17-12(16)10(9)18-13(19-11)15(4,5)6/h7-8H,1-6H3.